The molecule has 0 saturated heterocycles. The second kappa shape index (κ2) is 5.26. The first-order valence-electron chi connectivity index (χ1n) is 9.79. The molecule has 0 radical (unpaired) electrons. The average molecular weight is 724 g/mol. The normalized spacial score (nSPS) is 35.7. The zero-order valence-corrected chi connectivity index (χ0v) is 29.0. The van der Waals surface area contributed by atoms with E-state index in [9.17, 15) is 0 Å². The van der Waals surface area contributed by atoms with E-state index in [-0.39, 0.29) is 0 Å². The molecule has 2 aromatic carbocycles. The first kappa shape index (κ1) is 21.7. The van der Waals surface area contributed by atoms with Crippen LogP contribution in [0.15, 0.2) is 48.5 Å². The number of rotatable bonds is 0. The van der Waals surface area contributed by atoms with Gasteiger partial charge in [-0.05, 0) is 0 Å². The van der Waals surface area contributed by atoms with Crippen LogP contribution < -0.4 is 17.4 Å². The molecule has 0 aromatic heterocycles. The van der Waals surface area contributed by atoms with Crippen molar-refractivity contribution < 1.29 is 6.77 Å². The van der Waals surface area contributed by atoms with Crippen molar-refractivity contribution in [1.82, 2.24) is 0 Å². The van der Waals surface area contributed by atoms with Gasteiger partial charge in [0.2, 0.25) is 0 Å². The molecule has 1 nitrogen and oxygen atoms in total. The van der Waals surface area contributed by atoms with Gasteiger partial charge in [-0.1, -0.05) is 0 Å². The van der Waals surface area contributed by atoms with Crippen molar-refractivity contribution in [3.8, 4) is 0 Å². The van der Waals surface area contributed by atoms with E-state index in [0.717, 1.165) is 0 Å². The molecule has 0 unspecified atom stereocenters. The first-order valence-corrected chi connectivity index (χ1v) is 58.5. The summed E-state index contributed by atoms with van der Waals surface area (Å²) in [6, 6.07) is 18.1. The van der Waals surface area contributed by atoms with Crippen molar-refractivity contribution >= 4 is 70.1 Å². The molecule has 2 aliphatic rings. The summed E-state index contributed by atoms with van der Waals surface area (Å²) in [5, 5.41) is 0. The van der Waals surface area contributed by atoms with Gasteiger partial charge in [0.15, 0.2) is 0 Å². The van der Waals surface area contributed by atoms with E-state index < -0.39 is 46.7 Å². The zero-order chi connectivity index (χ0) is 20.4. The van der Waals surface area contributed by atoms with Crippen LogP contribution in [-0.2, 0) is 6.77 Å². The number of hydrogen-bond acceptors (Lipinski definition) is 1. The second-order valence-corrected chi connectivity index (χ2v) is 229. The molecule has 0 N–H and O–H groups in total. The summed E-state index contributed by atoms with van der Waals surface area (Å²) in [4.78, 5) is 0. The van der Waals surface area contributed by atoms with Gasteiger partial charge in [-0.2, -0.15) is 0 Å². The SMILES string of the molecule is C[AsH]1(C)c2ccccc2[AsH](C)(C)[Mo]12(=[O])([Cl])[AsH](C)(C)c1ccccc1[AsH]2(C)C. The van der Waals surface area contributed by atoms with Gasteiger partial charge in [0.1, 0.15) is 0 Å². The molecule has 7 heteroatoms. The number of benzene rings is 2. The maximum atomic E-state index is 17.1. The second-order valence-electron chi connectivity index (χ2n) is 10.4. The van der Waals surface area contributed by atoms with Gasteiger partial charge in [-0.15, -0.1) is 0 Å². The monoisotopic (exact) mass is 725 g/mol. The minimum absolute atomic E-state index is 1.52. The Balaban J connectivity index is 2.39. The van der Waals surface area contributed by atoms with E-state index >= 15 is 3.40 Å². The van der Waals surface area contributed by atoms with E-state index in [1.54, 1.807) is 0 Å². The van der Waals surface area contributed by atoms with Crippen LogP contribution in [0, 0.1) is 0 Å². The van der Waals surface area contributed by atoms with Gasteiger partial charge in [-0.25, -0.2) is 0 Å². The Morgan fingerprint density at radius 2 is 0.741 bits per heavy atom. The molecule has 0 atom stereocenters. The van der Waals surface area contributed by atoms with E-state index in [4.69, 9.17) is 9.42 Å². The van der Waals surface area contributed by atoms with Gasteiger partial charge in [-0.3, -0.25) is 0 Å². The van der Waals surface area contributed by atoms with Crippen LogP contribution in [0.2, 0.25) is 45.7 Å². The van der Waals surface area contributed by atoms with E-state index in [0.29, 0.717) is 0 Å². The Kier molecular flexibility index (Phi) is 4.22. The standard InChI is InChI=1S/2C10H18As2.ClH.Mo.O/c2*1-11(2)9-7-5-6-8-10(9)12(3)4;;;/h2*5-8,11-12H,1-4H3;1H;;/q2*+2;;-3;/p-1. The molecule has 1 spiro atoms. The van der Waals surface area contributed by atoms with E-state index in [2.05, 4.69) is 94.2 Å². The molecule has 2 aliphatic heterocycles. The molecule has 2 aromatic rings. The fourth-order valence-electron chi connectivity index (χ4n) is 7.90. The third-order valence-electron chi connectivity index (χ3n) is 9.12. The van der Waals surface area contributed by atoms with Gasteiger partial charge in [0, 0.05) is 0 Å². The molecule has 0 amide bonds. The predicted molar refractivity (Wildman–Crippen MR) is 133 cm³/mol. The molecule has 155 valence electrons. The van der Waals surface area contributed by atoms with Crippen LogP contribution in [0.25, 0.3) is 0 Å². The Morgan fingerprint density at radius 1 is 0.556 bits per heavy atom. The van der Waals surface area contributed by atoms with Crippen LogP contribution in [0.5, 0.6) is 0 Å². The van der Waals surface area contributed by atoms with Crippen LogP contribution in [0.1, 0.15) is 0 Å². The fourth-order valence-corrected chi connectivity index (χ4v) is 784. The summed E-state index contributed by atoms with van der Waals surface area (Å²) in [6.07, 6.45) is 0. The molecular weight excluding hydrogens is 687 g/mol. The van der Waals surface area contributed by atoms with Crippen LogP contribution in [-0.4, -0.2) is 43.3 Å². The van der Waals surface area contributed by atoms with Crippen LogP contribution in [0.4, 0.5) is 0 Å². The number of fused-ring (bicyclic) bond motifs is 2. The van der Waals surface area contributed by atoms with Crippen molar-refractivity contribution in [3.05, 3.63) is 48.5 Å². The summed E-state index contributed by atoms with van der Waals surface area (Å²) in [7, 11) is -3.73. The third-order valence-corrected chi connectivity index (χ3v) is 618. The van der Waals surface area contributed by atoms with Gasteiger partial charge < -0.3 is 0 Å². The first-order chi connectivity index (χ1) is 12.1. The molecular formula is C20H36As4ClMoO. The topological polar surface area (TPSA) is 17.1 Å². The maximum absolute atomic E-state index is 17.1. The summed E-state index contributed by atoms with van der Waals surface area (Å²) >= 11 is 0. The molecule has 0 aliphatic carbocycles. The molecule has 4 rings (SSSR count). The van der Waals surface area contributed by atoms with Crippen molar-refractivity contribution in [3.63, 3.8) is 0 Å². The summed E-state index contributed by atoms with van der Waals surface area (Å²) < 4.78 is 17.9. The van der Waals surface area contributed by atoms with Gasteiger partial charge in [0.25, 0.3) is 0 Å². The molecule has 0 fully saturated rings. The predicted octanol–water partition coefficient (Wildman–Crippen LogP) is 2.72. The van der Waals surface area contributed by atoms with Crippen LogP contribution >= 0.6 is 9.42 Å². The molecule has 0 bridgehead atoms. The van der Waals surface area contributed by atoms with Crippen LogP contribution in [0.3, 0.4) is 0 Å². The number of halogens is 1. The van der Waals surface area contributed by atoms with Crippen molar-refractivity contribution in [2.24, 2.45) is 0 Å². The molecule has 27 heavy (non-hydrogen) atoms. The Labute approximate surface area is 168 Å². The quantitative estimate of drug-likeness (QED) is 0.383. The Hall–Kier alpha value is 1.45. The van der Waals surface area contributed by atoms with Crippen molar-refractivity contribution in [2.75, 3.05) is 0 Å². The summed E-state index contributed by atoms with van der Waals surface area (Å²) in [5.41, 5.74) is 19.9. The van der Waals surface area contributed by atoms with Crippen molar-refractivity contribution in [1.29, 1.82) is 0 Å². The van der Waals surface area contributed by atoms with Gasteiger partial charge >= 0.3 is 171 Å². The minimum atomic E-state index is -5.23. The summed E-state index contributed by atoms with van der Waals surface area (Å²) in [5.74, 6) is 0. The third kappa shape index (κ3) is 1.54. The van der Waals surface area contributed by atoms with E-state index in [1.165, 1.54) is 17.4 Å². The van der Waals surface area contributed by atoms with Gasteiger partial charge in [0.05, 0.1) is 0 Å². The zero-order valence-electron chi connectivity index (χ0n) is 17.8. The van der Waals surface area contributed by atoms with E-state index in [1.807, 2.05) is 0 Å². The summed E-state index contributed by atoms with van der Waals surface area (Å²) in [6.45, 7) is 0. The number of hydrogen-bond donors (Lipinski definition) is 0. The Morgan fingerprint density at radius 3 is 0.926 bits per heavy atom. The Bertz CT molecular complexity index is 947. The average Bonchev–Trinajstić information content (AvgIpc) is 2.75. The molecule has 0 saturated carbocycles. The van der Waals surface area contributed by atoms with Crippen molar-refractivity contribution in [2.45, 2.75) is 45.7 Å². The fraction of sp³-hybridized carbons (Fsp3) is 0.400. The molecule has 2 heterocycles.